The molecule has 0 bridgehead atoms. The van der Waals surface area contributed by atoms with Gasteiger partial charge in [0.15, 0.2) is 0 Å². The molecule has 4 heteroatoms. The number of nitrogens with zero attached hydrogens (tertiary/aromatic N) is 2. The molecule has 0 radical (unpaired) electrons. The van der Waals surface area contributed by atoms with E-state index in [2.05, 4.69) is 46.5 Å². The first-order valence-electron chi connectivity index (χ1n) is 7.22. The van der Waals surface area contributed by atoms with Gasteiger partial charge < -0.3 is 9.47 Å². The Kier molecular flexibility index (Phi) is 3.66. The Morgan fingerprint density at radius 2 is 1.95 bits per heavy atom. The van der Waals surface area contributed by atoms with Gasteiger partial charge in [-0.15, -0.1) is 0 Å². The minimum absolute atomic E-state index is 0.105. The fraction of sp³-hybridized carbons (Fsp3) is 0.353. The van der Waals surface area contributed by atoms with E-state index in [9.17, 15) is 4.79 Å². The molecule has 110 valence electrons. The van der Waals surface area contributed by atoms with Gasteiger partial charge in [0.05, 0.1) is 6.04 Å². The van der Waals surface area contributed by atoms with Gasteiger partial charge in [0.1, 0.15) is 0 Å². The number of amides is 1. The molecule has 1 amide bonds. The van der Waals surface area contributed by atoms with Crippen molar-refractivity contribution in [3.05, 3.63) is 57.3 Å². The van der Waals surface area contributed by atoms with Crippen LogP contribution in [0.25, 0.3) is 0 Å². The predicted molar refractivity (Wildman–Crippen MR) is 87.5 cm³/mol. The standard InChI is InChI=1S/C17H19BrN2O/c1-11-4-6-14(10-15(11)18)17(21)20-9-8-19-12(2)5-7-16(19)13(20)3/h4-7,10,13H,8-9H2,1-3H3. The molecule has 2 heterocycles. The van der Waals surface area contributed by atoms with E-state index in [1.807, 2.05) is 30.0 Å². The molecule has 2 aromatic rings. The molecule has 21 heavy (non-hydrogen) atoms. The van der Waals surface area contributed by atoms with Crippen LogP contribution in [0, 0.1) is 13.8 Å². The Balaban J connectivity index is 1.91. The van der Waals surface area contributed by atoms with Gasteiger partial charge in [0, 0.05) is 34.5 Å². The quantitative estimate of drug-likeness (QED) is 0.763. The average molecular weight is 347 g/mol. The van der Waals surface area contributed by atoms with Crippen LogP contribution in [-0.4, -0.2) is 21.9 Å². The Labute approximate surface area is 133 Å². The van der Waals surface area contributed by atoms with E-state index in [4.69, 9.17) is 0 Å². The summed E-state index contributed by atoms with van der Waals surface area (Å²) >= 11 is 3.51. The highest BCUT2D eigenvalue weighted by molar-refractivity contribution is 9.10. The number of hydrogen-bond acceptors (Lipinski definition) is 1. The van der Waals surface area contributed by atoms with Gasteiger partial charge in [-0.1, -0.05) is 22.0 Å². The number of carbonyl (C=O) groups is 1. The zero-order chi connectivity index (χ0) is 15.1. The summed E-state index contributed by atoms with van der Waals surface area (Å²) in [6.45, 7) is 7.87. The Morgan fingerprint density at radius 3 is 2.67 bits per heavy atom. The zero-order valence-corrected chi connectivity index (χ0v) is 14.1. The average Bonchev–Trinajstić information content (AvgIpc) is 2.84. The van der Waals surface area contributed by atoms with Crippen LogP contribution in [0.1, 0.15) is 40.3 Å². The molecule has 1 atom stereocenters. The van der Waals surface area contributed by atoms with Gasteiger partial charge in [-0.2, -0.15) is 0 Å². The van der Waals surface area contributed by atoms with Crippen molar-refractivity contribution in [1.82, 2.24) is 9.47 Å². The van der Waals surface area contributed by atoms with Crippen molar-refractivity contribution in [2.75, 3.05) is 6.54 Å². The third-order valence-electron chi connectivity index (χ3n) is 4.37. The summed E-state index contributed by atoms with van der Waals surface area (Å²) in [5.74, 6) is 0.105. The highest BCUT2D eigenvalue weighted by atomic mass is 79.9. The first kappa shape index (κ1) is 14.4. The lowest BCUT2D eigenvalue weighted by Crippen LogP contribution is -2.41. The second-order valence-corrected chi connectivity index (χ2v) is 6.54. The maximum absolute atomic E-state index is 12.8. The number of hydrogen-bond donors (Lipinski definition) is 0. The molecule has 1 aromatic heterocycles. The van der Waals surface area contributed by atoms with Crippen LogP contribution in [0.5, 0.6) is 0 Å². The maximum Gasteiger partial charge on any atom is 0.254 e. The molecule has 3 nitrogen and oxygen atoms in total. The Bertz CT molecular complexity index is 705. The van der Waals surface area contributed by atoms with Crippen LogP contribution in [0.15, 0.2) is 34.8 Å². The van der Waals surface area contributed by atoms with Crippen molar-refractivity contribution in [1.29, 1.82) is 0 Å². The second-order valence-electron chi connectivity index (χ2n) is 5.69. The number of aryl methyl sites for hydroxylation is 2. The molecular formula is C17H19BrN2O. The van der Waals surface area contributed by atoms with E-state index in [1.165, 1.54) is 11.4 Å². The van der Waals surface area contributed by atoms with Crippen molar-refractivity contribution in [3.63, 3.8) is 0 Å². The van der Waals surface area contributed by atoms with Crippen LogP contribution in [0.4, 0.5) is 0 Å². The Hall–Kier alpha value is -1.55. The lowest BCUT2D eigenvalue weighted by atomic mass is 10.1. The summed E-state index contributed by atoms with van der Waals surface area (Å²) < 4.78 is 3.29. The van der Waals surface area contributed by atoms with E-state index in [1.54, 1.807) is 0 Å². The van der Waals surface area contributed by atoms with Crippen LogP contribution < -0.4 is 0 Å². The minimum atomic E-state index is 0.105. The molecule has 0 N–H and O–H groups in total. The number of halogens is 1. The monoisotopic (exact) mass is 346 g/mol. The topological polar surface area (TPSA) is 25.2 Å². The van der Waals surface area contributed by atoms with Gasteiger partial charge in [-0.25, -0.2) is 0 Å². The number of fused-ring (bicyclic) bond motifs is 1. The Morgan fingerprint density at radius 1 is 1.19 bits per heavy atom. The lowest BCUT2D eigenvalue weighted by molar-refractivity contribution is 0.0643. The highest BCUT2D eigenvalue weighted by Crippen LogP contribution is 2.29. The number of benzene rings is 1. The van der Waals surface area contributed by atoms with E-state index >= 15 is 0 Å². The molecule has 1 aliphatic rings. The van der Waals surface area contributed by atoms with Crippen molar-refractivity contribution >= 4 is 21.8 Å². The maximum atomic E-state index is 12.8. The lowest BCUT2D eigenvalue weighted by Gasteiger charge is -2.35. The van der Waals surface area contributed by atoms with Crippen LogP contribution in [0.2, 0.25) is 0 Å². The van der Waals surface area contributed by atoms with Crippen LogP contribution in [0.3, 0.4) is 0 Å². The largest absolute Gasteiger partial charge is 0.345 e. The first-order chi connectivity index (χ1) is 9.99. The third-order valence-corrected chi connectivity index (χ3v) is 5.23. The molecular weight excluding hydrogens is 328 g/mol. The normalized spacial score (nSPS) is 17.7. The van der Waals surface area contributed by atoms with Crippen molar-refractivity contribution in [3.8, 4) is 0 Å². The minimum Gasteiger partial charge on any atom is -0.345 e. The van der Waals surface area contributed by atoms with Gasteiger partial charge in [0.25, 0.3) is 5.91 Å². The molecule has 0 fully saturated rings. The van der Waals surface area contributed by atoms with Gasteiger partial charge in [-0.3, -0.25) is 4.79 Å². The molecule has 0 aliphatic carbocycles. The SMILES string of the molecule is Cc1ccc(C(=O)N2CCn3c(C)ccc3C2C)cc1Br. The van der Waals surface area contributed by atoms with Crippen molar-refractivity contribution in [2.45, 2.75) is 33.4 Å². The summed E-state index contributed by atoms with van der Waals surface area (Å²) in [5, 5.41) is 0. The third kappa shape index (κ3) is 2.42. The molecule has 1 aliphatic heterocycles. The first-order valence-corrected chi connectivity index (χ1v) is 8.01. The second kappa shape index (κ2) is 5.34. The summed E-state index contributed by atoms with van der Waals surface area (Å²) in [7, 11) is 0. The highest BCUT2D eigenvalue weighted by Gasteiger charge is 2.29. The predicted octanol–water partition coefficient (Wildman–Crippen LogP) is 4.08. The molecule has 3 rings (SSSR count). The van der Waals surface area contributed by atoms with E-state index in [-0.39, 0.29) is 11.9 Å². The molecule has 0 saturated heterocycles. The van der Waals surface area contributed by atoms with E-state index < -0.39 is 0 Å². The molecule has 1 unspecified atom stereocenters. The summed E-state index contributed by atoms with van der Waals surface area (Å²) in [4.78, 5) is 14.8. The van der Waals surface area contributed by atoms with Crippen molar-refractivity contribution < 1.29 is 4.79 Å². The number of aromatic nitrogens is 1. The molecule has 1 aromatic carbocycles. The summed E-state index contributed by atoms with van der Waals surface area (Å²) in [6.07, 6.45) is 0. The summed E-state index contributed by atoms with van der Waals surface area (Å²) in [5.41, 5.74) is 4.37. The van der Waals surface area contributed by atoms with Gasteiger partial charge in [0.2, 0.25) is 0 Å². The van der Waals surface area contributed by atoms with Crippen molar-refractivity contribution in [2.24, 2.45) is 0 Å². The molecule has 0 saturated carbocycles. The molecule has 0 spiro atoms. The smallest absolute Gasteiger partial charge is 0.254 e. The van der Waals surface area contributed by atoms with Crippen LogP contribution in [-0.2, 0) is 6.54 Å². The van der Waals surface area contributed by atoms with Gasteiger partial charge >= 0.3 is 0 Å². The van der Waals surface area contributed by atoms with E-state index in [0.717, 1.165) is 28.7 Å². The van der Waals surface area contributed by atoms with Crippen LogP contribution >= 0.6 is 15.9 Å². The fourth-order valence-corrected chi connectivity index (χ4v) is 3.37. The van der Waals surface area contributed by atoms with E-state index in [0.29, 0.717) is 0 Å². The zero-order valence-electron chi connectivity index (χ0n) is 12.6. The fourth-order valence-electron chi connectivity index (χ4n) is 2.99. The number of rotatable bonds is 1. The number of carbonyl (C=O) groups excluding carboxylic acids is 1. The summed E-state index contributed by atoms with van der Waals surface area (Å²) in [6, 6.07) is 10.2. The van der Waals surface area contributed by atoms with Gasteiger partial charge in [-0.05, 0) is 50.6 Å².